The molecule has 0 spiro atoms. The minimum atomic E-state index is -2.48. The van der Waals surface area contributed by atoms with E-state index in [4.69, 9.17) is 0 Å². The van der Waals surface area contributed by atoms with Crippen LogP contribution in [0.25, 0.3) is 0 Å². The molecule has 72 valence electrons. The van der Waals surface area contributed by atoms with Gasteiger partial charge >= 0.3 is 0 Å². The van der Waals surface area contributed by atoms with Gasteiger partial charge in [-0.15, -0.1) is 0 Å². The molecule has 1 aliphatic rings. The van der Waals surface area contributed by atoms with Crippen molar-refractivity contribution in [1.82, 2.24) is 0 Å². The number of halogens is 2. The van der Waals surface area contributed by atoms with Gasteiger partial charge in [0.15, 0.2) is 0 Å². The fraction of sp³-hybridized carbons (Fsp3) is 0.500. The summed E-state index contributed by atoms with van der Waals surface area (Å²) in [7, 11) is 0. The predicted octanol–water partition coefficient (Wildman–Crippen LogP) is 2.84. The number of hydrogen-bond donors (Lipinski definition) is 0. The van der Waals surface area contributed by atoms with Crippen LogP contribution < -0.4 is 0 Å². The van der Waals surface area contributed by atoms with E-state index in [0.717, 1.165) is 6.42 Å². The Hall–Kier alpha value is -0.990. The molecular weight excluding hydrogens is 172 g/mol. The maximum atomic E-state index is 12.4. The Morgan fingerprint density at radius 1 is 1.77 bits per heavy atom. The molecule has 3 heteroatoms. The highest BCUT2D eigenvalue weighted by atomic mass is 19.3. The van der Waals surface area contributed by atoms with Crippen molar-refractivity contribution < 1.29 is 8.78 Å². The van der Waals surface area contributed by atoms with Gasteiger partial charge in [-0.3, -0.25) is 4.99 Å². The van der Waals surface area contributed by atoms with Crippen LogP contribution in [0.4, 0.5) is 8.78 Å². The molecule has 0 saturated carbocycles. The number of nitrogens with zero attached hydrogens (tertiary/aromatic N) is 1. The monoisotopic (exact) mass is 185 g/mol. The number of aliphatic imine (C=N–C) groups is 1. The molecule has 0 aromatic carbocycles. The number of hydrogen-bond acceptors (Lipinski definition) is 1. The van der Waals surface area contributed by atoms with E-state index in [9.17, 15) is 8.78 Å². The minimum absolute atomic E-state index is 0.111. The Morgan fingerprint density at radius 2 is 2.46 bits per heavy atom. The molecule has 1 atom stereocenters. The van der Waals surface area contributed by atoms with E-state index in [0.29, 0.717) is 12.1 Å². The Bertz CT molecular complexity index is 254. The predicted molar refractivity (Wildman–Crippen MR) is 50.4 cm³/mol. The lowest BCUT2D eigenvalue weighted by atomic mass is 9.97. The highest BCUT2D eigenvalue weighted by Gasteiger charge is 2.20. The fourth-order valence-electron chi connectivity index (χ4n) is 1.31. The Labute approximate surface area is 76.9 Å². The van der Waals surface area contributed by atoms with Crippen molar-refractivity contribution in [3.63, 3.8) is 0 Å². The molecule has 0 radical (unpaired) electrons. The third kappa shape index (κ3) is 2.23. The second-order valence-corrected chi connectivity index (χ2v) is 3.02. The largest absolute Gasteiger partial charge is 0.283 e. The summed E-state index contributed by atoms with van der Waals surface area (Å²) in [6, 6.07) is 0. The normalized spacial score (nSPS) is 22.6. The lowest BCUT2D eigenvalue weighted by Gasteiger charge is -2.17. The molecule has 1 nitrogen and oxygen atoms in total. The minimum Gasteiger partial charge on any atom is -0.283 e. The molecule has 0 fully saturated rings. The van der Waals surface area contributed by atoms with Crippen LogP contribution >= 0.6 is 0 Å². The summed E-state index contributed by atoms with van der Waals surface area (Å²) < 4.78 is 24.7. The van der Waals surface area contributed by atoms with E-state index >= 15 is 0 Å². The maximum absolute atomic E-state index is 12.4. The molecule has 0 saturated heterocycles. The molecule has 0 bridgehead atoms. The van der Waals surface area contributed by atoms with Gasteiger partial charge in [-0.05, 0) is 17.9 Å². The first-order valence-electron chi connectivity index (χ1n) is 4.36. The summed E-state index contributed by atoms with van der Waals surface area (Å²) in [5.74, 6) is 0.287. The molecule has 1 rings (SSSR count). The van der Waals surface area contributed by atoms with Crippen LogP contribution in [0.15, 0.2) is 29.3 Å². The molecule has 0 aliphatic carbocycles. The maximum Gasteiger partial charge on any atom is 0.280 e. The summed E-state index contributed by atoms with van der Waals surface area (Å²) in [6.45, 7) is 6.00. The molecular formula is C10H13F2N. The van der Waals surface area contributed by atoms with Gasteiger partial charge in [0.25, 0.3) is 6.43 Å². The van der Waals surface area contributed by atoms with Crippen molar-refractivity contribution in [1.29, 1.82) is 0 Å². The number of rotatable bonds is 3. The SMILES string of the molecule is C=CC1=CC(CC)CN=C1C(F)F. The first-order valence-corrected chi connectivity index (χ1v) is 4.36. The second-order valence-electron chi connectivity index (χ2n) is 3.02. The van der Waals surface area contributed by atoms with Crippen LogP contribution in [0.2, 0.25) is 0 Å². The topological polar surface area (TPSA) is 12.4 Å². The summed E-state index contributed by atoms with van der Waals surface area (Å²) >= 11 is 0. The van der Waals surface area contributed by atoms with Gasteiger partial charge in [0.05, 0.1) is 0 Å². The van der Waals surface area contributed by atoms with E-state index in [-0.39, 0.29) is 11.6 Å². The molecule has 1 aliphatic heterocycles. The van der Waals surface area contributed by atoms with Gasteiger partial charge in [-0.25, -0.2) is 8.78 Å². The summed E-state index contributed by atoms with van der Waals surface area (Å²) in [6.07, 6.45) is 1.73. The van der Waals surface area contributed by atoms with Crippen molar-refractivity contribution in [3.05, 3.63) is 24.3 Å². The highest BCUT2D eigenvalue weighted by Crippen LogP contribution is 2.19. The summed E-state index contributed by atoms with van der Waals surface area (Å²) in [5.41, 5.74) is 0.382. The van der Waals surface area contributed by atoms with Crippen molar-refractivity contribution >= 4 is 5.71 Å². The van der Waals surface area contributed by atoms with E-state index in [1.165, 1.54) is 6.08 Å². The average molecular weight is 185 g/mol. The van der Waals surface area contributed by atoms with Gasteiger partial charge in [0.2, 0.25) is 0 Å². The molecule has 0 aromatic rings. The Kier molecular flexibility index (Phi) is 3.34. The van der Waals surface area contributed by atoms with E-state index in [1.54, 1.807) is 0 Å². The van der Waals surface area contributed by atoms with Crippen molar-refractivity contribution in [2.75, 3.05) is 6.54 Å². The van der Waals surface area contributed by atoms with Crippen LogP contribution in [0, 0.1) is 5.92 Å². The van der Waals surface area contributed by atoms with Crippen molar-refractivity contribution in [2.24, 2.45) is 10.9 Å². The summed E-state index contributed by atoms with van der Waals surface area (Å²) in [5, 5.41) is 0. The lowest BCUT2D eigenvalue weighted by Crippen LogP contribution is -2.20. The van der Waals surface area contributed by atoms with Crippen LogP contribution in [0.3, 0.4) is 0 Å². The third-order valence-electron chi connectivity index (χ3n) is 2.16. The quantitative estimate of drug-likeness (QED) is 0.641. The standard InChI is InChI=1S/C10H13F2N/c1-3-7-5-8(4-2)9(10(11)12)13-6-7/h4-5,7,10H,2-3,6H2,1H3. The molecule has 0 amide bonds. The number of dihydropyridines is 1. The van der Waals surface area contributed by atoms with Crippen molar-refractivity contribution in [2.45, 2.75) is 19.8 Å². The smallest absolute Gasteiger partial charge is 0.280 e. The molecule has 1 heterocycles. The van der Waals surface area contributed by atoms with E-state index in [2.05, 4.69) is 11.6 Å². The molecule has 0 aromatic heterocycles. The van der Waals surface area contributed by atoms with Crippen molar-refractivity contribution in [3.8, 4) is 0 Å². The molecule has 13 heavy (non-hydrogen) atoms. The average Bonchev–Trinajstić information content (AvgIpc) is 2.16. The first-order chi connectivity index (χ1) is 6.19. The fourth-order valence-corrected chi connectivity index (χ4v) is 1.31. The Morgan fingerprint density at radius 3 is 2.92 bits per heavy atom. The zero-order valence-corrected chi connectivity index (χ0v) is 7.63. The van der Waals surface area contributed by atoms with Crippen LogP contribution in [-0.4, -0.2) is 18.7 Å². The highest BCUT2D eigenvalue weighted by molar-refractivity contribution is 6.05. The van der Waals surface area contributed by atoms with Crippen LogP contribution in [0.5, 0.6) is 0 Å². The Balaban J connectivity index is 2.85. The first kappa shape index (κ1) is 10.1. The second kappa shape index (κ2) is 4.30. The zero-order chi connectivity index (χ0) is 9.84. The van der Waals surface area contributed by atoms with E-state index < -0.39 is 6.43 Å². The van der Waals surface area contributed by atoms with E-state index in [1.807, 2.05) is 13.0 Å². The molecule has 0 N–H and O–H groups in total. The zero-order valence-electron chi connectivity index (χ0n) is 7.63. The third-order valence-corrected chi connectivity index (χ3v) is 2.16. The number of allylic oxidation sites excluding steroid dienone is 2. The number of alkyl halides is 2. The van der Waals surface area contributed by atoms with Gasteiger partial charge in [0, 0.05) is 6.54 Å². The van der Waals surface area contributed by atoms with Crippen LogP contribution in [-0.2, 0) is 0 Å². The molecule has 1 unspecified atom stereocenters. The van der Waals surface area contributed by atoms with Gasteiger partial charge in [-0.2, -0.15) is 0 Å². The lowest BCUT2D eigenvalue weighted by molar-refractivity contribution is 0.225. The van der Waals surface area contributed by atoms with Gasteiger partial charge < -0.3 is 0 Å². The summed E-state index contributed by atoms with van der Waals surface area (Å²) in [4.78, 5) is 3.86. The van der Waals surface area contributed by atoms with Gasteiger partial charge in [-0.1, -0.05) is 25.7 Å². The van der Waals surface area contributed by atoms with Gasteiger partial charge in [0.1, 0.15) is 5.71 Å². The van der Waals surface area contributed by atoms with Crippen LogP contribution in [0.1, 0.15) is 13.3 Å².